The molecule has 0 saturated heterocycles. The number of rotatable bonds is 3. The summed E-state index contributed by atoms with van der Waals surface area (Å²) in [5.74, 6) is 3.43. The molecule has 0 amide bonds. The van der Waals surface area contributed by atoms with Crippen LogP contribution >= 0.6 is 7.34 Å². The first kappa shape index (κ1) is 17.1. The largest absolute Gasteiger partial charge is 0.508 e. The fourth-order valence-electron chi connectivity index (χ4n) is 3.21. The summed E-state index contributed by atoms with van der Waals surface area (Å²) >= 11 is 0. The third-order valence-electron chi connectivity index (χ3n) is 4.42. The molecule has 0 radical (unpaired) electrons. The van der Waals surface area contributed by atoms with Gasteiger partial charge in [-0.3, -0.25) is 0 Å². The van der Waals surface area contributed by atoms with Gasteiger partial charge < -0.3 is 19.6 Å². The number of hydrogen-bond donors (Lipinski definition) is 3. The monoisotopic (exact) mass is 346 g/mol. The minimum atomic E-state index is -2.97. The number of phenols is 1. The zero-order valence-corrected chi connectivity index (χ0v) is 15.3. The van der Waals surface area contributed by atoms with Gasteiger partial charge in [-0.2, -0.15) is 0 Å². The van der Waals surface area contributed by atoms with Crippen molar-refractivity contribution in [1.29, 1.82) is 0 Å². The molecule has 0 bridgehead atoms. The highest BCUT2D eigenvalue weighted by atomic mass is 31.2. The van der Waals surface area contributed by atoms with Crippen LogP contribution in [0.1, 0.15) is 47.6 Å². The van der Waals surface area contributed by atoms with E-state index in [0.29, 0.717) is 11.9 Å². The van der Waals surface area contributed by atoms with E-state index in [1.54, 1.807) is 17.9 Å². The highest BCUT2D eigenvalue weighted by Crippen LogP contribution is 2.50. The zero-order valence-electron chi connectivity index (χ0n) is 14.4. The zero-order chi connectivity index (χ0) is 17.6. The SMILES string of the molecule is Cc1cc2c(c(C)c1Oc1ccc(O)c(C(C)C)c1)C=P(O)(O)C2. The molecule has 128 valence electrons. The van der Waals surface area contributed by atoms with Gasteiger partial charge in [0.2, 0.25) is 0 Å². The van der Waals surface area contributed by atoms with Gasteiger partial charge in [0.1, 0.15) is 24.6 Å². The van der Waals surface area contributed by atoms with Crippen LogP contribution in [0, 0.1) is 13.8 Å². The Morgan fingerprint density at radius 1 is 1.12 bits per heavy atom. The summed E-state index contributed by atoms with van der Waals surface area (Å²) in [4.78, 5) is 20.0. The normalized spacial score (nSPS) is 15.3. The van der Waals surface area contributed by atoms with Gasteiger partial charge in [0, 0.05) is 11.7 Å². The van der Waals surface area contributed by atoms with Crippen LogP contribution in [0.2, 0.25) is 0 Å². The molecule has 2 aromatic rings. The lowest BCUT2D eigenvalue weighted by molar-refractivity contribution is 0.452. The maximum absolute atomic E-state index is 9.98. The molecule has 0 fully saturated rings. The minimum absolute atomic E-state index is 0.193. The molecule has 1 aliphatic rings. The second-order valence-corrected chi connectivity index (χ2v) is 8.92. The summed E-state index contributed by atoms with van der Waals surface area (Å²) in [6.07, 6.45) is 0.307. The van der Waals surface area contributed by atoms with Crippen molar-refractivity contribution in [3.8, 4) is 17.2 Å². The van der Waals surface area contributed by atoms with E-state index in [-0.39, 0.29) is 11.7 Å². The molecule has 0 aliphatic carbocycles. The summed E-state index contributed by atoms with van der Waals surface area (Å²) in [5.41, 5.74) is 4.54. The Morgan fingerprint density at radius 2 is 1.83 bits per heavy atom. The molecule has 2 aromatic carbocycles. The number of aromatic hydroxyl groups is 1. The third kappa shape index (κ3) is 3.10. The number of phenolic OH excluding ortho intramolecular Hbond substituents is 1. The number of hydrogen-bond acceptors (Lipinski definition) is 4. The molecule has 0 saturated carbocycles. The maximum atomic E-state index is 9.98. The summed E-state index contributed by atoms with van der Waals surface area (Å²) in [6.45, 7) is 7.93. The first-order chi connectivity index (χ1) is 11.2. The number of benzene rings is 2. The highest BCUT2D eigenvalue weighted by Gasteiger charge is 2.25. The number of aryl methyl sites for hydroxylation is 1. The van der Waals surface area contributed by atoms with Crippen molar-refractivity contribution in [2.75, 3.05) is 0 Å². The molecule has 3 rings (SSSR count). The van der Waals surface area contributed by atoms with Gasteiger partial charge in [-0.25, -0.2) is 0 Å². The third-order valence-corrected chi connectivity index (χ3v) is 5.90. The van der Waals surface area contributed by atoms with Crippen LogP contribution in [0.25, 0.3) is 0 Å². The second kappa shape index (κ2) is 5.96. The molecule has 5 heteroatoms. The predicted octanol–water partition coefficient (Wildman–Crippen LogP) is 4.42. The average Bonchev–Trinajstić information content (AvgIpc) is 2.79. The summed E-state index contributed by atoms with van der Waals surface area (Å²) in [7, 11) is -2.97. The van der Waals surface area contributed by atoms with Gasteiger partial charge >= 0.3 is 0 Å². The lowest BCUT2D eigenvalue weighted by Gasteiger charge is -2.17. The van der Waals surface area contributed by atoms with Gasteiger partial charge in [0.25, 0.3) is 0 Å². The Labute approximate surface area is 142 Å². The van der Waals surface area contributed by atoms with Crippen molar-refractivity contribution in [2.24, 2.45) is 0 Å². The standard InChI is InChI=1S/C19H23O4P/c1-11(2)16-8-15(5-6-18(16)20)23-19-12(3)7-14-9-24(21,22)10-17(14)13(19)4/h5-8,10-11,20-22H,9H2,1-4H3. The Kier molecular flexibility index (Phi) is 4.25. The molecule has 3 N–H and O–H groups in total. The molecule has 0 aromatic heterocycles. The molecule has 0 unspecified atom stereocenters. The van der Waals surface area contributed by atoms with Crippen molar-refractivity contribution in [3.63, 3.8) is 0 Å². The topological polar surface area (TPSA) is 69.9 Å². The van der Waals surface area contributed by atoms with Crippen molar-refractivity contribution in [2.45, 2.75) is 39.8 Å². The molecule has 0 spiro atoms. The van der Waals surface area contributed by atoms with Crippen LogP contribution in [0.15, 0.2) is 24.3 Å². The smallest absolute Gasteiger partial charge is 0.133 e. The molecule has 4 nitrogen and oxygen atoms in total. The molecule has 0 atom stereocenters. The van der Waals surface area contributed by atoms with Crippen molar-refractivity contribution < 1.29 is 19.6 Å². The number of fused-ring (bicyclic) bond motifs is 1. The summed E-state index contributed by atoms with van der Waals surface area (Å²) < 4.78 is 6.10. The lowest BCUT2D eigenvalue weighted by atomic mass is 9.99. The van der Waals surface area contributed by atoms with Gasteiger partial charge in [-0.05, 0) is 66.0 Å². The number of ether oxygens (including phenoxy) is 1. The van der Waals surface area contributed by atoms with Crippen LogP contribution in [0.4, 0.5) is 0 Å². The molecule has 1 aliphatic heterocycles. The fourth-order valence-corrected chi connectivity index (χ4v) is 4.84. The second-order valence-electron chi connectivity index (χ2n) is 6.77. The van der Waals surface area contributed by atoms with Gasteiger partial charge in [-0.15, -0.1) is 0 Å². The van der Waals surface area contributed by atoms with Gasteiger partial charge in [0.15, 0.2) is 0 Å². The van der Waals surface area contributed by atoms with E-state index in [2.05, 4.69) is 0 Å². The first-order valence-electron chi connectivity index (χ1n) is 8.01. The van der Waals surface area contributed by atoms with Crippen LogP contribution < -0.4 is 4.74 Å². The van der Waals surface area contributed by atoms with E-state index < -0.39 is 7.34 Å². The van der Waals surface area contributed by atoms with E-state index in [1.165, 1.54) is 0 Å². The van der Waals surface area contributed by atoms with Crippen molar-refractivity contribution in [3.05, 3.63) is 52.1 Å². The first-order valence-corrected chi connectivity index (χ1v) is 9.96. The molecular formula is C19H23O4P. The molecule has 24 heavy (non-hydrogen) atoms. The predicted molar refractivity (Wildman–Crippen MR) is 98.4 cm³/mol. The van der Waals surface area contributed by atoms with E-state index in [0.717, 1.165) is 33.6 Å². The average molecular weight is 346 g/mol. The van der Waals surface area contributed by atoms with E-state index >= 15 is 0 Å². The molecule has 1 heterocycles. The Bertz CT molecular complexity index is 862. The quantitative estimate of drug-likeness (QED) is 0.720. The lowest BCUT2D eigenvalue weighted by Crippen LogP contribution is -1.98. The summed E-state index contributed by atoms with van der Waals surface area (Å²) in [5, 5.41) is 9.95. The Morgan fingerprint density at radius 3 is 2.50 bits per heavy atom. The van der Waals surface area contributed by atoms with E-state index in [1.807, 2.05) is 39.8 Å². The Hall–Kier alpha value is -1.74. The highest BCUT2D eigenvalue weighted by molar-refractivity contribution is 7.64. The maximum Gasteiger partial charge on any atom is 0.133 e. The summed E-state index contributed by atoms with van der Waals surface area (Å²) in [6, 6.07) is 7.20. The van der Waals surface area contributed by atoms with E-state index in [9.17, 15) is 14.9 Å². The van der Waals surface area contributed by atoms with Crippen molar-refractivity contribution >= 4 is 13.1 Å². The van der Waals surface area contributed by atoms with Crippen LogP contribution in [-0.4, -0.2) is 20.7 Å². The Balaban J connectivity index is 2.03. The minimum Gasteiger partial charge on any atom is -0.508 e. The van der Waals surface area contributed by atoms with Crippen LogP contribution in [0.3, 0.4) is 0 Å². The van der Waals surface area contributed by atoms with Crippen LogP contribution in [0.5, 0.6) is 17.2 Å². The van der Waals surface area contributed by atoms with Crippen molar-refractivity contribution in [1.82, 2.24) is 0 Å². The fraction of sp³-hybridized carbons (Fsp3) is 0.316. The van der Waals surface area contributed by atoms with Gasteiger partial charge in [-0.1, -0.05) is 19.9 Å². The van der Waals surface area contributed by atoms with Gasteiger partial charge in [0.05, 0.1) is 0 Å². The molecular weight excluding hydrogens is 323 g/mol. The van der Waals surface area contributed by atoms with Crippen LogP contribution in [-0.2, 0) is 6.16 Å². The van der Waals surface area contributed by atoms with E-state index in [4.69, 9.17) is 4.74 Å².